The molecule has 0 fully saturated rings. The molecule has 0 radical (unpaired) electrons. The maximum absolute atomic E-state index is 12.5. The van der Waals surface area contributed by atoms with Crippen molar-refractivity contribution in [3.05, 3.63) is 35.6 Å². The van der Waals surface area contributed by atoms with Gasteiger partial charge in [0, 0.05) is 6.04 Å². The number of nitrogens with zero attached hydrogens (tertiary/aromatic N) is 1. The molecule has 0 saturated heterocycles. The first-order chi connectivity index (χ1) is 5.61. The van der Waals surface area contributed by atoms with Gasteiger partial charge in [0.2, 0.25) is 0 Å². The Morgan fingerprint density at radius 1 is 1.17 bits per heavy atom. The van der Waals surface area contributed by atoms with Crippen LogP contribution in [0, 0.1) is 5.82 Å². The summed E-state index contributed by atoms with van der Waals surface area (Å²) >= 11 is 0. The van der Waals surface area contributed by atoms with Gasteiger partial charge in [-0.15, -0.1) is 0 Å². The molecule has 12 heavy (non-hydrogen) atoms. The summed E-state index contributed by atoms with van der Waals surface area (Å²) in [5, 5.41) is 0. The third-order valence-electron chi connectivity index (χ3n) is 2.13. The minimum atomic E-state index is -0.176. The first kappa shape index (κ1) is 9.20. The van der Waals surface area contributed by atoms with Crippen LogP contribution in [0.4, 0.5) is 4.39 Å². The van der Waals surface area contributed by atoms with E-state index in [2.05, 4.69) is 11.8 Å². The molecule has 0 saturated carbocycles. The van der Waals surface area contributed by atoms with Gasteiger partial charge in [-0.3, -0.25) is 0 Å². The summed E-state index contributed by atoms with van der Waals surface area (Å²) in [6.07, 6.45) is 0. The highest BCUT2D eigenvalue weighted by molar-refractivity contribution is 5.19. The fourth-order valence-electron chi connectivity index (χ4n) is 1.04. The van der Waals surface area contributed by atoms with E-state index in [1.807, 2.05) is 26.2 Å². The molecule has 0 aromatic heterocycles. The van der Waals surface area contributed by atoms with E-state index >= 15 is 0 Å². The van der Waals surface area contributed by atoms with Crippen LogP contribution in [0.25, 0.3) is 0 Å². The average molecular weight is 167 g/mol. The SMILES string of the molecule is C[C@@H](c1ccc(F)cc1)N(C)C. The predicted molar refractivity (Wildman–Crippen MR) is 48.5 cm³/mol. The lowest BCUT2D eigenvalue weighted by Gasteiger charge is -2.19. The first-order valence-electron chi connectivity index (χ1n) is 4.03. The molecule has 0 amide bonds. The highest BCUT2D eigenvalue weighted by Gasteiger charge is 2.06. The Labute approximate surface area is 72.8 Å². The van der Waals surface area contributed by atoms with Gasteiger partial charge in [-0.1, -0.05) is 12.1 Å². The van der Waals surface area contributed by atoms with Gasteiger partial charge in [0.15, 0.2) is 0 Å². The maximum Gasteiger partial charge on any atom is 0.123 e. The number of hydrogen-bond acceptors (Lipinski definition) is 1. The van der Waals surface area contributed by atoms with Crippen LogP contribution in [0.3, 0.4) is 0 Å². The molecule has 1 aromatic carbocycles. The third-order valence-corrected chi connectivity index (χ3v) is 2.13. The maximum atomic E-state index is 12.5. The van der Waals surface area contributed by atoms with Gasteiger partial charge in [0.25, 0.3) is 0 Å². The van der Waals surface area contributed by atoms with Crippen molar-refractivity contribution in [3.63, 3.8) is 0 Å². The monoisotopic (exact) mass is 167 g/mol. The standard InChI is InChI=1S/C10H14FN/c1-8(12(2)3)9-4-6-10(11)7-5-9/h4-8H,1-3H3/t8-/m0/s1. The summed E-state index contributed by atoms with van der Waals surface area (Å²) in [5.41, 5.74) is 1.14. The van der Waals surface area contributed by atoms with Crippen LogP contribution in [0.2, 0.25) is 0 Å². The van der Waals surface area contributed by atoms with Crippen molar-refractivity contribution in [2.45, 2.75) is 13.0 Å². The van der Waals surface area contributed by atoms with Crippen molar-refractivity contribution in [1.82, 2.24) is 4.90 Å². The largest absolute Gasteiger partial charge is 0.303 e. The van der Waals surface area contributed by atoms with Gasteiger partial charge in [-0.05, 0) is 38.7 Å². The van der Waals surface area contributed by atoms with Crippen LogP contribution in [-0.2, 0) is 0 Å². The number of rotatable bonds is 2. The fraction of sp³-hybridized carbons (Fsp3) is 0.400. The van der Waals surface area contributed by atoms with E-state index in [4.69, 9.17) is 0 Å². The quantitative estimate of drug-likeness (QED) is 0.654. The minimum Gasteiger partial charge on any atom is -0.303 e. The molecule has 0 spiro atoms. The number of halogens is 1. The molecule has 1 aromatic rings. The van der Waals surface area contributed by atoms with Crippen LogP contribution in [0.5, 0.6) is 0 Å². The molecular weight excluding hydrogens is 153 g/mol. The molecule has 1 nitrogen and oxygen atoms in total. The second-order valence-corrected chi connectivity index (χ2v) is 3.19. The zero-order valence-corrected chi connectivity index (χ0v) is 7.71. The van der Waals surface area contributed by atoms with Crippen molar-refractivity contribution < 1.29 is 4.39 Å². The Balaban J connectivity index is 2.82. The van der Waals surface area contributed by atoms with Crippen LogP contribution in [-0.4, -0.2) is 19.0 Å². The van der Waals surface area contributed by atoms with Crippen LogP contribution in [0.15, 0.2) is 24.3 Å². The molecule has 1 rings (SSSR count). The van der Waals surface area contributed by atoms with Crippen molar-refractivity contribution in [2.24, 2.45) is 0 Å². The van der Waals surface area contributed by atoms with Crippen LogP contribution in [0.1, 0.15) is 18.5 Å². The summed E-state index contributed by atoms with van der Waals surface area (Å²) in [6, 6.07) is 6.97. The molecule has 0 N–H and O–H groups in total. The van der Waals surface area contributed by atoms with Gasteiger partial charge in [-0.25, -0.2) is 4.39 Å². The molecule has 0 aliphatic heterocycles. The van der Waals surface area contributed by atoms with E-state index in [0.717, 1.165) is 5.56 Å². The van der Waals surface area contributed by atoms with E-state index in [-0.39, 0.29) is 5.82 Å². The average Bonchev–Trinajstić information content (AvgIpc) is 2.04. The Hall–Kier alpha value is -0.890. The Morgan fingerprint density at radius 2 is 1.67 bits per heavy atom. The van der Waals surface area contributed by atoms with Crippen molar-refractivity contribution in [1.29, 1.82) is 0 Å². The normalized spacial score (nSPS) is 13.4. The summed E-state index contributed by atoms with van der Waals surface area (Å²) < 4.78 is 12.5. The summed E-state index contributed by atoms with van der Waals surface area (Å²) in [6.45, 7) is 2.09. The fourth-order valence-corrected chi connectivity index (χ4v) is 1.04. The Morgan fingerprint density at radius 3 is 2.08 bits per heavy atom. The molecule has 0 heterocycles. The second kappa shape index (κ2) is 3.68. The highest BCUT2D eigenvalue weighted by Crippen LogP contribution is 2.16. The molecular formula is C10H14FN. The predicted octanol–water partition coefficient (Wildman–Crippen LogP) is 2.45. The van der Waals surface area contributed by atoms with Gasteiger partial charge in [0.05, 0.1) is 0 Å². The van der Waals surface area contributed by atoms with E-state index in [1.165, 1.54) is 12.1 Å². The van der Waals surface area contributed by atoms with E-state index in [0.29, 0.717) is 6.04 Å². The lowest BCUT2D eigenvalue weighted by Crippen LogP contribution is -2.16. The van der Waals surface area contributed by atoms with Crippen molar-refractivity contribution >= 4 is 0 Å². The molecule has 0 aliphatic rings. The van der Waals surface area contributed by atoms with Gasteiger partial charge < -0.3 is 4.90 Å². The summed E-state index contributed by atoms with van der Waals surface area (Å²) in [7, 11) is 4.02. The lowest BCUT2D eigenvalue weighted by molar-refractivity contribution is 0.321. The lowest BCUT2D eigenvalue weighted by atomic mass is 10.1. The van der Waals surface area contributed by atoms with E-state index in [9.17, 15) is 4.39 Å². The molecule has 1 atom stereocenters. The van der Waals surface area contributed by atoms with Crippen LogP contribution >= 0.6 is 0 Å². The highest BCUT2D eigenvalue weighted by atomic mass is 19.1. The first-order valence-corrected chi connectivity index (χ1v) is 4.03. The van der Waals surface area contributed by atoms with Crippen molar-refractivity contribution in [3.8, 4) is 0 Å². The van der Waals surface area contributed by atoms with E-state index in [1.54, 1.807) is 0 Å². The van der Waals surface area contributed by atoms with Crippen LogP contribution < -0.4 is 0 Å². The Bertz CT molecular complexity index is 241. The zero-order valence-electron chi connectivity index (χ0n) is 7.71. The third kappa shape index (κ3) is 2.05. The van der Waals surface area contributed by atoms with E-state index < -0.39 is 0 Å². The zero-order chi connectivity index (χ0) is 9.14. The van der Waals surface area contributed by atoms with Gasteiger partial charge >= 0.3 is 0 Å². The number of benzene rings is 1. The van der Waals surface area contributed by atoms with Gasteiger partial charge in [-0.2, -0.15) is 0 Å². The second-order valence-electron chi connectivity index (χ2n) is 3.19. The molecule has 0 bridgehead atoms. The molecule has 66 valence electrons. The number of hydrogen-bond donors (Lipinski definition) is 0. The summed E-state index contributed by atoms with van der Waals surface area (Å²) in [5.74, 6) is -0.176. The summed E-state index contributed by atoms with van der Waals surface area (Å²) in [4.78, 5) is 2.09. The molecule has 0 unspecified atom stereocenters. The van der Waals surface area contributed by atoms with Gasteiger partial charge in [0.1, 0.15) is 5.82 Å². The molecule has 2 heteroatoms. The Kier molecular flexibility index (Phi) is 2.82. The smallest absolute Gasteiger partial charge is 0.123 e. The minimum absolute atomic E-state index is 0.176. The topological polar surface area (TPSA) is 3.24 Å². The van der Waals surface area contributed by atoms with Crippen molar-refractivity contribution in [2.75, 3.05) is 14.1 Å². The molecule has 0 aliphatic carbocycles.